The standard InChI is InChI=1S/C18H13BrCl2N4O/c19-16-11-25(10-12-4-6-14(20)7-5-12)24-17(16)18(26)23-22-9-13-2-1-3-15(21)8-13/h1-9,11H,10H2,(H,23,26)/b22-9+. The van der Waals surface area contributed by atoms with Crippen LogP contribution in [0.2, 0.25) is 10.0 Å². The molecule has 0 bridgehead atoms. The number of nitrogens with one attached hydrogen (secondary N) is 1. The molecule has 3 aromatic rings. The lowest BCUT2D eigenvalue weighted by Crippen LogP contribution is -2.19. The largest absolute Gasteiger partial charge is 0.293 e. The Morgan fingerprint density at radius 1 is 1.19 bits per heavy atom. The topological polar surface area (TPSA) is 59.3 Å². The zero-order chi connectivity index (χ0) is 18.5. The predicted octanol–water partition coefficient (Wildman–Crippen LogP) is 4.76. The quantitative estimate of drug-likeness (QED) is 0.448. The molecule has 0 saturated heterocycles. The van der Waals surface area contributed by atoms with Gasteiger partial charge in [0, 0.05) is 16.2 Å². The predicted molar refractivity (Wildman–Crippen MR) is 107 cm³/mol. The van der Waals surface area contributed by atoms with Crippen molar-refractivity contribution < 1.29 is 4.79 Å². The van der Waals surface area contributed by atoms with Crippen LogP contribution < -0.4 is 5.43 Å². The molecule has 8 heteroatoms. The van der Waals surface area contributed by atoms with Gasteiger partial charge in [-0.2, -0.15) is 10.2 Å². The highest BCUT2D eigenvalue weighted by atomic mass is 79.9. The third kappa shape index (κ3) is 4.94. The molecule has 0 fully saturated rings. The summed E-state index contributed by atoms with van der Waals surface area (Å²) < 4.78 is 2.25. The highest BCUT2D eigenvalue weighted by Crippen LogP contribution is 2.17. The summed E-state index contributed by atoms with van der Waals surface area (Å²) in [6.45, 7) is 0.523. The summed E-state index contributed by atoms with van der Waals surface area (Å²) in [5, 5.41) is 9.51. The lowest BCUT2D eigenvalue weighted by atomic mass is 10.2. The van der Waals surface area contributed by atoms with Crippen LogP contribution in [-0.2, 0) is 6.54 Å². The van der Waals surface area contributed by atoms with Crippen LogP contribution in [0.3, 0.4) is 0 Å². The lowest BCUT2D eigenvalue weighted by Gasteiger charge is -2.01. The van der Waals surface area contributed by atoms with E-state index in [0.717, 1.165) is 11.1 Å². The van der Waals surface area contributed by atoms with Crippen molar-refractivity contribution in [2.24, 2.45) is 5.10 Å². The second-order valence-corrected chi connectivity index (χ2v) is 7.13. The summed E-state index contributed by atoms with van der Waals surface area (Å²) in [5.41, 5.74) is 4.51. The minimum absolute atomic E-state index is 0.252. The van der Waals surface area contributed by atoms with Crippen molar-refractivity contribution in [1.82, 2.24) is 15.2 Å². The molecule has 0 saturated carbocycles. The second kappa shape index (κ2) is 8.49. The maximum atomic E-state index is 12.3. The molecule has 5 nitrogen and oxygen atoms in total. The molecule has 0 spiro atoms. The van der Waals surface area contributed by atoms with Crippen LogP contribution in [0.1, 0.15) is 21.6 Å². The van der Waals surface area contributed by atoms with Crippen molar-refractivity contribution >= 4 is 51.3 Å². The maximum Gasteiger partial charge on any atom is 0.293 e. The number of hydrogen-bond acceptors (Lipinski definition) is 3. The monoisotopic (exact) mass is 450 g/mol. The normalized spacial score (nSPS) is 11.0. The van der Waals surface area contributed by atoms with Gasteiger partial charge in [-0.15, -0.1) is 0 Å². The van der Waals surface area contributed by atoms with Crippen molar-refractivity contribution in [2.45, 2.75) is 6.54 Å². The Balaban J connectivity index is 1.66. The van der Waals surface area contributed by atoms with Crippen molar-refractivity contribution in [2.75, 3.05) is 0 Å². The molecule has 0 radical (unpaired) electrons. The van der Waals surface area contributed by atoms with Crippen LogP contribution in [0.25, 0.3) is 0 Å². The molecule has 0 unspecified atom stereocenters. The number of carbonyl (C=O) groups is 1. The first-order valence-electron chi connectivity index (χ1n) is 7.57. The number of nitrogens with zero attached hydrogens (tertiary/aromatic N) is 3. The van der Waals surface area contributed by atoms with Crippen LogP contribution in [0.15, 0.2) is 64.3 Å². The third-order valence-electron chi connectivity index (χ3n) is 3.42. The number of hydrogen-bond donors (Lipinski definition) is 1. The highest BCUT2D eigenvalue weighted by molar-refractivity contribution is 9.10. The van der Waals surface area contributed by atoms with E-state index in [4.69, 9.17) is 23.2 Å². The number of amides is 1. The van der Waals surface area contributed by atoms with Gasteiger partial charge in [-0.3, -0.25) is 9.48 Å². The molecule has 0 atom stereocenters. The molecule has 1 heterocycles. The van der Waals surface area contributed by atoms with E-state index in [1.807, 2.05) is 30.3 Å². The van der Waals surface area contributed by atoms with Crippen LogP contribution in [0, 0.1) is 0 Å². The van der Waals surface area contributed by atoms with Crippen molar-refractivity contribution in [1.29, 1.82) is 0 Å². The van der Waals surface area contributed by atoms with E-state index in [0.29, 0.717) is 21.1 Å². The van der Waals surface area contributed by atoms with Crippen molar-refractivity contribution in [3.63, 3.8) is 0 Å². The molecule has 1 N–H and O–H groups in total. The molecule has 2 aromatic carbocycles. The van der Waals surface area contributed by atoms with Gasteiger partial charge in [-0.05, 0) is 51.3 Å². The highest BCUT2D eigenvalue weighted by Gasteiger charge is 2.14. The van der Waals surface area contributed by atoms with Gasteiger partial charge in [-0.25, -0.2) is 5.43 Å². The summed E-state index contributed by atoms with van der Waals surface area (Å²) in [5.74, 6) is -0.412. The summed E-state index contributed by atoms with van der Waals surface area (Å²) in [7, 11) is 0. The van der Waals surface area contributed by atoms with Gasteiger partial charge in [0.1, 0.15) is 0 Å². The third-order valence-corrected chi connectivity index (χ3v) is 4.49. The summed E-state index contributed by atoms with van der Waals surface area (Å²) in [6.07, 6.45) is 3.26. The average Bonchev–Trinajstić information content (AvgIpc) is 2.97. The van der Waals surface area contributed by atoms with E-state index in [1.54, 1.807) is 29.1 Å². The van der Waals surface area contributed by atoms with Gasteiger partial charge in [0.2, 0.25) is 0 Å². The number of carbonyl (C=O) groups excluding carboxylic acids is 1. The fourth-order valence-corrected chi connectivity index (χ4v) is 3.03. The minimum atomic E-state index is -0.412. The van der Waals surface area contributed by atoms with Crippen molar-refractivity contribution in [3.05, 3.63) is 86.1 Å². The fraction of sp³-hybridized carbons (Fsp3) is 0.0556. The molecular weight excluding hydrogens is 439 g/mol. The van der Waals surface area contributed by atoms with Crippen LogP contribution in [0.4, 0.5) is 0 Å². The van der Waals surface area contributed by atoms with Gasteiger partial charge >= 0.3 is 0 Å². The van der Waals surface area contributed by atoms with Gasteiger partial charge in [0.05, 0.1) is 17.2 Å². The molecule has 26 heavy (non-hydrogen) atoms. The second-order valence-electron chi connectivity index (χ2n) is 5.40. The Morgan fingerprint density at radius 3 is 2.69 bits per heavy atom. The van der Waals surface area contributed by atoms with E-state index < -0.39 is 5.91 Å². The minimum Gasteiger partial charge on any atom is -0.266 e. The first-order valence-corrected chi connectivity index (χ1v) is 9.12. The average molecular weight is 452 g/mol. The molecule has 1 amide bonds. The van der Waals surface area contributed by atoms with Crippen LogP contribution in [-0.4, -0.2) is 21.9 Å². The number of hydrazone groups is 1. The van der Waals surface area contributed by atoms with E-state index in [9.17, 15) is 4.79 Å². The smallest absolute Gasteiger partial charge is 0.266 e. The molecule has 0 aliphatic carbocycles. The van der Waals surface area contributed by atoms with Crippen LogP contribution in [0.5, 0.6) is 0 Å². The van der Waals surface area contributed by atoms with E-state index in [2.05, 4.69) is 31.6 Å². The zero-order valence-electron chi connectivity index (χ0n) is 13.4. The molecular formula is C18H13BrCl2N4O. The van der Waals surface area contributed by atoms with Gasteiger partial charge in [0.15, 0.2) is 5.69 Å². The first kappa shape index (κ1) is 18.6. The lowest BCUT2D eigenvalue weighted by molar-refractivity contribution is 0.0948. The Bertz CT molecular complexity index is 954. The van der Waals surface area contributed by atoms with Gasteiger partial charge in [0.25, 0.3) is 5.91 Å². The Hall–Kier alpha value is -2.15. The summed E-state index contributed by atoms with van der Waals surface area (Å²) in [6, 6.07) is 14.6. The van der Waals surface area contributed by atoms with E-state index >= 15 is 0 Å². The van der Waals surface area contributed by atoms with E-state index in [-0.39, 0.29) is 5.69 Å². The fourth-order valence-electron chi connectivity index (χ4n) is 2.21. The SMILES string of the molecule is O=C(N/N=C/c1cccc(Cl)c1)c1nn(Cc2ccc(Cl)cc2)cc1Br. The number of benzene rings is 2. The van der Waals surface area contributed by atoms with Gasteiger partial charge in [-0.1, -0.05) is 47.5 Å². The molecule has 1 aromatic heterocycles. The van der Waals surface area contributed by atoms with E-state index in [1.165, 1.54) is 6.21 Å². The molecule has 132 valence electrons. The Morgan fingerprint density at radius 2 is 1.96 bits per heavy atom. The Labute approximate surface area is 168 Å². The Kier molecular flexibility index (Phi) is 6.08. The number of aromatic nitrogens is 2. The van der Waals surface area contributed by atoms with Gasteiger partial charge < -0.3 is 0 Å². The number of rotatable bonds is 5. The molecule has 3 rings (SSSR count). The first-order chi connectivity index (χ1) is 12.5. The maximum absolute atomic E-state index is 12.3. The number of halogens is 3. The summed E-state index contributed by atoms with van der Waals surface area (Å²) in [4.78, 5) is 12.3. The van der Waals surface area contributed by atoms with Crippen LogP contribution >= 0.6 is 39.1 Å². The summed E-state index contributed by atoms with van der Waals surface area (Å²) >= 11 is 15.1. The molecule has 0 aliphatic rings. The van der Waals surface area contributed by atoms with Crippen molar-refractivity contribution in [3.8, 4) is 0 Å². The molecule has 0 aliphatic heterocycles. The zero-order valence-corrected chi connectivity index (χ0v) is 16.5.